The SMILES string of the molecule is CC(C)(C)c1ccnc2c(NC(=O)Cc3cc(F)cc(F)c3)cnn12. The lowest BCUT2D eigenvalue weighted by atomic mass is 9.92. The number of nitrogens with one attached hydrogen (secondary N) is 1. The zero-order chi connectivity index (χ0) is 18.2. The van der Waals surface area contributed by atoms with E-state index >= 15 is 0 Å². The van der Waals surface area contributed by atoms with E-state index in [0.717, 1.165) is 23.9 Å². The van der Waals surface area contributed by atoms with Crippen molar-refractivity contribution in [1.82, 2.24) is 14.6 Å². The number of carbonyl (C=O) groups excluding carboxylic acids is 1. The zero-order valence-electron chi connectivity index (χ0n) is 14.2. The Bertz CT molecular complexity index is 924. The van der Waals surface area contributed by atoms with Crippen molar-refractivity contribution >= 4 is 17.2 Å². The highest BCUT2D eigenvalue weighted by Gasteiger charge is 2.20. The van der Waals surface area contributed by atoms with Crippen molar-refractivity contribution in [3.8, 4) is 0 Å². The summed E-state index contributed by atoms with van der Waals surface area (Å²) in [5.74, 6) is -1.83. The van der Waals surface area contributed by atoms with Crippen LogP contribution in [0.25, 0.3) is 5.65 Å². The molecular formula is C18H18F2N4O. The van der Waals surface area contributed by atoms with Gasteiger partial charge in [-0.05, 0) is 23.8 Å². The van der Waals surface area contributed by atoms with Crippen LogP contribution in [0.1, 0.15) is 32.0 Å². The first-order valence-corrected chi connectivity index (χ1v) is 7.82. The summed E-state index contributed by atoms with van der Waals surface area (Å²) >= 11 is 0. The molecule has 0 atom stereocenters. The van der Waals surface area contributed by atoms with Gasteiger partial charge in [-0.2, -0.15) is 5.10 Å². The lowest BCUT2D eigenvalue weighted by Gasteiger charge is -2.19. The van der Waals surface area contributed by atoms with Gasteiger partial charge in [-0.15, -0.1) is 0 Å². The minimum atomic E-state index is -0.713. The Morgan fingerprint density at radius 1 is 1.20 bits per heavy atom. The second-order valence-corrected chi connectivity index (χ2v) is 6.88. The Labute approximate surface area is 143 Å². The van der Waals surface area contributed by atoms with Crippen molar-refractivity contribution in [2.75, 3.05) is 5.32 Å². The highest BCUT2D eigenvalue weighted by atomic mass is 19.1. The van der Waals surface area contributed by atoms with Crippen LogP contribution in [0, 0.1) is 11.6 Å². The van der Waals surface area contributed by atoms with Crippen LogP contribution in [-0.2, 0) is 16.6 Å². The van der Waals surface area contributed by atoms with Crippen LogP contribution < -0.4 is 5.32 Å². The van der Waals surface area contributed by atoms with E-state index in [9.17, 15) is 13.6 Å². The summed E-state index contributed by atoms with van der Waals surface area (Å²) in [7, 11) is 0. The van der Waals surface area contributed by atoms with Crippen LogP contribution in [-0.4, -0.2) is 20.5 Å². The van der Waals surface area contributed by atoms with E-state index in [4.69, 9.17) is 0 Å². The standard InChI is InChI=1S/C18H18F2N4O/c1-18(2,3)15-4-5-21-17-14(10-22-24(15)17)23-16(25)8-11-6-12(19)9-13(20)7-11/h4-7,9-10H,8H2,1-3H3,(H,23,25). The van der Waals surface area contributed by atoms with Crippen LogP contribution in [0.4, 0.5) is 14.5 Å². The third-order valence-corrected chi connectivity index (χ3v) is 3.73. The highest BCUT2D eigenvalue weighted by molar-refractivity contribution is 5.95. The van der Waals surface area contributed by atoms with Crippen LogP contribution in [0.15, 0.2) is 36.7 Å². The molecule has 2 heterocycles. The van der Waals surface area contributed by atoms with Gasteiger partial charge in [-0.25, -0.2) is 18.3 Å². The third-order valence-electron chi connectivity index (χ3n) is 3.73. The molecule has 2 aromatic heterocycles. The molecule has 3 aromatic rings. The average Bonchev–Trinajstić information content (AvgIpc) is 2.88. The molecule has 25 heavy (non-hydrogen) atoms. The summed E-state index contributed by atoms with van der Waals surface area (Å²) in [5, 5.41) is 6.99. The molecule has 0 radical (unpaired) electrons. The largest absolute Gasteiger partial charge is 0.321 e. The highest BCUT2D eigenvalue weighted by Crippen LogP contribution is 2.24. The Morgan fingerprint density at radius 2 is 1.88 bits per heavy atom. The third kappa shape index (κ3) is 3.65. The molecule has 1 aromatic carbocycles. The van der Waals surface area contributed by atoms with E-state index < -0.39 is 17.5 Å². The first kappa shape index (κ1) is 17.0. The number of hydrogen-bond donors (Lipinski definition) is 1. The molecule has 0 aliphatic heterocycles. The number of fused-ring (bicyclic) bond motifs is 1. The van der Waals surface area contributed by atoms with E-state index in [0.29, 0.717) is 11.3 Å². The monoisotopic (exact) mass is 344 g/mol. The van der Waals surface area contributed by atoms with Crippen molar-refractivity contribution < 1.29 is 13.6 Å². The number of rotatable bonds is 3. The van der Waals surface area contributed by atoms with Crippen molar-refractivity contribution in [2.24, 2.45) is 0 Å². The summed E-state index contributed by atoms with van der Waals surface area (Å²) < 4.78 is 28.1. The van der Waals surface area contributed by atoms with Gasteiger partial charge in [0.2, 0.25) is 5.91 Å². The predicted molar refractivity (Wildman–Crippen MR) is 90.4 cm³/mol. The number of anilines is 1. The summed E-state index contributed by atoms with van der Waals surface area (Å²) in [6, 6.07) is 4.91. The van der Waals surface area contributed by atoms with Crippen molar-refractivity contribution in [3.63, 3.8) is 0 Å². The fourth-order valence-corrected chi connectivity index (χ4v) is 2.64. The maximum Gasteiger partial charge on any atom is 0.228 e. The Balaban J connectivity index is 1.84. The number of hydrogen-bond acceptors (Lipinski definition) is 3. The van der Waals surface area contributed by atoms with Crippen LogP contribution in [0.3, 0.4) is 0 Å². The van der Waals surface area contributed by atoms with Crippen LogP contribution in [0.5, 0.6) is 0 Å². The lowest BCUT2D eigenvalue weighted by molar-refractivity contribution is -0.115. The van der Waals surface area contributed by atoms with Gasteiger partial charge in [0.15, 0.2) is 5.65 Å². The molecule has 0 aliphatic rings. The van der Waals surface area contributed by atoms with E-state index in [-0.39, 0.29) is 17.4 Å². The van der Waals surface area contributed by atoms with Crippen molar-refractivity contribution in [3.05, 3.63) is 59.6 Å². The molecule has 5 nitrogen and oxygen atoms in total. The Morgan fingerprint density at radius 3 is 2.52 bits per heavy atom. The number of benzene rings is 1. The van der Waals surface area contributed by atoms with E-state index in [1.807, 2.05) is 6.07 Å². The number of carbonyl (C=O) groups is 1. The first-order valence-electron chi connectivity index (χ1n) is 7.82. The smallest absolute Gasteiger partial charge is 0.228 e. The average molecular weight is 344 g/mol. The fourth-order valence-electron chi connectivity index (χ4n) is 2.64. The van der Waals surface area contributed by atoms with Gasteiger partial charge in [0.25, 0.3) is 0 Å². The van der Waals surface area contributed by atoms with Gasteiger partial charge in [0.05, 0.1) is 18.3 Å². The molecule has 130 valence electrons. The van der Waals surface area contributed by atoms with E-state index in [1.54, 1.807) is 10.7 Å². The molecule has 0 fully saturated rings. The molecular weight excluding hydrogens is 326 g/mol. The maximum atomic E-state index is 13.2. The van der Waals surface area contributed by atoms with Gasteiger partial charge >= 0.3 is 0 Å². The number of halogens is 2. The second-order valence-electron chi connectivity index (χ2n) is 6.88. The topological polar surface area (TPSA) is 59.3 Å². The molecule has 3 rings (SSSR count). The maximum absolute atomic E-state index is 13.2. The molecule has 0 saturated heterocycles. The summed E-state index contributed by atoms with van der Waals surface area (Å²) in [6.07, 6.45) is 3.03. The number of amides is 1. The number of nitrogens with zero attached hydrogens (tertiary/aromatic N) is 3. The van der Waals surface area contributed by atoms with Gasteiger partial charge in [-0.3, -0.25) is 4.79 Å². The zero-order valence-corrected chi connectivity index (χ0v) is 14.2. The summed E-state index contributed by atoms with van der Waals surface area (Å²) in [5.41, 5.74) is 2.03. The molecule has 0 unspecified atom stereocenters. The van der Waals surface area contributed by atoms with Gasteiger partial charge in [0, 0.05) is 17.7 Å². The molecule has 0 bridgehead atoms. The first-order chi connectivity index (χ1) is 11.7. The minimum Gasteiger partial charge on any atom is -0.321 e. The Hall–Kier alpha value is -2.83. The minimum absolute atomic E-state index is 0.145. The van der Waals surface area contributed by atoms with Gasteiger partial charge in [0.1, 0.15) is 17.3 Å². The molecule has 0 saturated carbocycles. The fraction of sp³-hybridized carbons (Fsp3) is 0.278. The summed E-state index contributed by atoms with van der Waals surface area (Å²) in [4.78, 5) is 16.5. The second kappa shape index (κ2) is 6.23. The molecule has 0 aliphatic carbocycles. The van der Waals surface area contributed by atoms with Crippen molar-refractivity contribution in [1.29, 1.82) is 0 Å². The summed E-state index contributed by atoms with van der Waals surface area (Å²) in [6.45, 7) is 6.17. The van der Waals surface area contributed by atoms with Gasteiger partial charge in [-0.1, -0.05) is 20.8 Å². The molecule has 0 spiro atoms. The number of aromatic nitrogens is 3. The molecule has 7 heteroatoms. The molecule has 1 N–H and O–H groups in total. The van der Waals surface area contributed by atoms with E-state index in [2.05, 4.69) is 36.2 Å². The van der Waals surface area contributed by atoms with E-state index in [1.165, 1.54) is 6.20 Å². The van der Waals surface area contributed by atoms with Gasteiger partial charge < -0.3 is 5.32 Å². The van der Waals surface area contributed by atoms with Crippen LogP contribution >= 0.6 is 0 Å². The molecule has 1 amide bonds. The predicted octanol–water partition coefficient (Wildman–Crippen LogP) is 3.49. The van der Waals surface area contributed by atoms with Crippen LogP contribution in [0.2, 0.25) is 0 Å². The normalized spacial score (nSPS) is 11.7. The quantitative estimate of drug-likeness (QED) is 0.791. The Kier molecular flexibility index (Phi) is 4.24. The van der Waals surface area contributed by atoms with Crippen molar-refractivity contribution in [2.45, 2.75) is 32.6 Å². The lowest BCUT2D eigenvalue weighted by Crippen LogP contribution is -2.18.